The molecule has 0 aliphatic heterocycles. The fourth-order valence-corrected chi connectivity index (χ4v) is 1.32. The highest BCUT2D eigenvalue weighted by Crippen LogP contribution is 2.15. The predicted molar refractivity (Wildman–Crippen MR) is 60.0 cm³/mol. The van der Waals surface area contributed by atoms with Crippen LogP contribution in [0.2, 0.25) is 0 Å². The van der Waals surface area contributed by atoms with Crippen molar-refractivity contribution in [2.45, 2.75) is 6.92 Å². The van der Waals surface area contributed by atoms with Crippen molar-refractivity contribution in [3.8, 4) is 0 Å². The molecule has 0 spiro atoms. The van der Waals surface area contributed by atoms with Crippen molar-refractivity contribution in [3.63, 3.8) is 0 Å². The van der Waals surface area contributed by atoms with E-state index in [0.29, 0.717) is 11.4 Å². The van der Waals surface area contributed by atoms with Crippen LogP contribution < -0.4 is 11.1 Å². The lowest BCUT2D eigenvalue weighted by Crippen LogP contribution is -2.13. The number of aryl methyl sites for hydroxylation is 1. The third-order valence-corrected chi connectivity index (χ3v) is 2.10. The number of halogens is 1. The highest BCUT2D eigenvalue weighted by molar-refractivity contribution is 6.04. The zero-order chi connectivity index (χ0) is 12.4. The lowest BCUT2D eigenvalue weighted by Gasteiger charge is -2.03. The van der Waals surface area contributed by atoms with Gasteiger partial charge in [-0.3, -0.25) is 10.1 Å². The van der Waals surface area contributed by atoms with Crippen LogP contribution in [0.15, 0.2) is 28.8 Å². The van der Waals surface area contributed by atoms with E-state index in [2.05, 4.69) is 10.5 Å². The number of amides is 1. The smallest absolute Gasteiger partial charge is 0.261 e. The minimum absolute atomic E-state index is 0.140. The number of nitrogens with one attached hydrogen (secondary N) is 1. The Morgan fingerprint density at radius 1 is 1.47 bits per heavy atom. The summed E-state index contributed by atoms with van der Waals surface area (Å²) >= 11 is 0. The second kappa shape index (κ2) is 4.25. The first-order valence-electron chi connectivity index (χ1n) is 4.86. The Hall–Kier alpha value is -2.37. The molecule has 3 N–H and O–H groups in total. The largest absolute Gasteiger partial charge is 0.399 e. The van der Waals surface area contributed by atoms with E-state index in [9.17, 15) is 9.18 Å². The molecule has 0 fully saturated rings. The van der Waals surface area contributed by atoms with Crippen molar-refractivity contribution < 1.29 is 13.7 Å². The lowest BCUT2D eigenvalue weighted by atomic mass is 10.2. The molecule has 0 atom stereocenters. The Kier molecular flexibility index (Phi) is 2.78. The molecule has 2 aromatic rings. The number of nitrogens with zero attached hydrogens (tertiary/aromatic N) is 1. The molecule has 0 bridgehead atoms. The molecule has 6 heteroatoms. The number of carbonyl (C=O) groups is 1. The molecule has 0 aliphatic carbocycles. The first kappa shape index (κ1) is 11.1. The number of hydrogen-bond donors (Lipinski definition) is 2. The third kappa shape index (κ3) is 2.41. The van der Waals surface area contributed by atoms with E-state index in [1.165, 1.54) is 18.2 Å². The van der Waals surface area contributed by atoms with Crippen molar-refractivity contribution in [1.82, 2.24) is 5.16 Å². The van der Waals surface area contributed by atoms with E-state index < -0.39 is 11.7 Å². The summed E-state index contributed by atoms with van der Waals surface area (Å²) in [6.07, 6.45) is 0. The van der Waals surface area contributed by atoms with E-state index in [1.807, 2.05) is 0 Å². The molecule has 0 radical (unpaired) electrons. The van der Waals surface area contributed by atoms with Gasteiger partial charge in [-0.2, -0.15) is 0 Å². The monoisotopic (exact) mass is 235 g/mol. The molecule has 1 aromatic heterocycles. The molecule has 0 unspecified atom stereocenters. The first-order valence-corrected chi connectivity index (χ1v) is 4.86. The summed E-state index contributed by atoms with van der Waals surface area (Å²) in [4.78, 5) is 11.7. The number of nitrogen functional groups attached to an aromatic ring is 1. The standard InChI is InChI=1S/C11H10FN3O2/c1-6-4-10(17-15-6)14-11(16)8-5-7(13)2-3-9(8)12/h2-5H,13H2,1H3,(H,14,16). The number of benzene rings is 1. The van der Waals surface area contributed by atoms with Gasteiger partial charge in [0.2, 0.25) is 5.88 Å². The molecule has 2 rings (SSSR count). The maximum absolute atomic E-state index is 13.4. The van der Waals surface area contributed by atoms with Gasteiger partial charge in [-0.1, -0.05) is 5.16 Å². The summed E-state index contributed by atoms with van der Waals surface area (Å²) in [5.74, 6) is -1.12. The zero-order valence-corrected chi connectivity index (χ0v) is 9.03. The summed E-state index contributed by atoms with van der Waals surface area (Å²) in [5.41, 5.74) is 6.27. The van der Waals surface area contributed by atoms with Crippen LogP contribution in [-0.4, -0.2) is 11.1 Å². The molecule has 17 heavy (non-hydrogen) atoms. The summed E-state index contributed by atoms with van der Waals surface area (Å²) in [6, 6.07) is 5.30. The van der Waals surface area contributed by atoms with Gasteiger partial charge in [0, 0.05) is 11.8 Å². The van der Waals surface area contributed by atoms with Crippen LogP contribution in [0.3, 0.4) is 0 Å². The van der Waals surface area contributed by atoms with Gasteiger partial charge in [-0.15, -0.1) is 0 Å². The quantitative estimate of drug-likeness (QED) is 0.779. The van der Waals surface area contributed by atoms with Gasteiger partial charge in [0.05, 0.1) is 11.3 Å². The zero-order valence-electron chi connectivity index (χ0n) is 9.03. The maximum atomic E-state index is 13.4. The van der Waals surface area contributed by atoms with Crippen LogP contribution in [0.5, 0.6) is 0 Å². The van der Waals surface area contributed by atoms with E-state index in [0.717, 1.165) is 6.07 Å². The third-order valence-electron chi connectivity index (χ3n) is 2.10. The normalized spacial score (nSPS) is 10.2. The maximum Gasteiger partial charge on any atom is 0.261 e. The minimum atomic E-state index is -0.645. The molecule has 5 nitrogen and oxygen atoms in total. The Balaban J connectivity index is 2.22. The molecular weight excluding hydrogens is 225 g/mol. The number of nitrogens with two attached hydrogens (primary N) is 1. The molecular formula is C11H10FN3O2. The number of hydrogen-bond acceptors (Lipinski definition) is 4. The van der Waals surface area contributed by atoms with Gasteiger partial charge in [0.25, 0.3) is 5.91 Å². The van der Waals surface area contributed by atoms with Crippen molar-refractivity contribution in [3.05, 3.63) is 41.3 Å². The number of aromatic nitrogens is 1. The van der Waals surface area contributed by atoms with Gasteiger partial charge in [-0.05, 0) is 25.1 Å². The number of rotatable bonds is 2. The minimum Gasteiger partial charge on any atom is -0.399 e. The first-order chi connectivity index (χ1) is 8.06. The Morgan fingerprint density at radius 2 is 2.24 bits per heavy atom. The molecule has 0 saturated carbocycles. The molecule has 1 heterocycles. The predicted octanol–water partition coefficient (Wildman–Crippen LogP) is 1.96. The number of anilines is 2. The summed E-state index contributed by atoms with van der Waals surface area (Å²) < 4.78 is 18.2. The van der Waals surface area contributed by atoms with Gasteiger partial charge in [0.15, 0.2) is 0 Å². The summed E-state index contributed by atoms with van der Waals surface area (Å²) in [6.45, 7) is 1.71. The molecule has 88 valence electrons. The van der Waals surface area contributed by atoms with Gasteiger partial charge in [-0.25, -0.2) is 4.39 Å². The van der Waals surface area contributed by atoms with Crippen LogP contribution in [-0.2, 0) is 0 Å². The van der Waals surface area contributed by atoms with Crippen LogP contribution in [0.1, 0.15) is 16.1 Å². The SMILES string of the molecule is Cc1cc(NC(=O)c2cc(N)ccc2F)on1. The van der Waals surface area contributed by atoms with E-state index >= 15 is 0 Å². The average molecular weight is 235 g/mol. The molecule has 1 aromatic carbocycles. The van der Waals surface area contributed by atoms with Crippen LogP contribution >= 0.6 is 0 Å². The second-order valence-electron chi connectivity index (χ2n) is 3.53. The number of carbonyl (C=O) groups excluding carboxylic acids is 1. The fraction of sp³-hybridized carbons (Fsp3) is 0.0909. The van der Waals surface area contributed by atoms with Crippen LogP contribution in [0.4, 0.5) is 16.0 Å². The van der Waals surface area contributed by atoms with Gasteiger partial charge in [0.1, 0.15) is 5.82 Å². The highest BCUT2D eigenvalue weighted by atomic mass is 19.1. The Morgan fingerprint density at radius 3 is 2.88 bits per heavy atom. The van der Waals surface area contributed by atoms with Crippen LogP contribution in [0.25, 0.3) is 0 Å². The molecule has 1 amide bonds. The van der Waals surface area contributed by atoms with Crippen molar-refractivity contribution >= 4 is 17.5 Å². The summed E-state index contributed by atoms with van der Waals surface area (Å²) in [7, 11) is 0. The van der Waals surface area contributed by atoms with E-state index in [1.54, 1.807) is 6.92 Å². The second-order valence-corrected chi connectivity index (χ2v) is 3.53. The van der Waals surface area contributed by atoms with E-state index in [-0.39, 0.29) is 11.4 Å². The topological polar surface area (TPSA) is 81.2 Å². The van der Waals surface area contributed by atoms with Crippen molar-refractivity contribution in [1.29, 1.82) is 0 Å². The van der Waals surface area contributed by atoms with Gasteiger partial charge >= 0.3 is 0 Å². The van der Waals surface area contributed by atoms with Crippen LogP contribution in [0, 0.1) is 12.7 Å². The molecule has 0 saturated heterocycles. The Labute approximate surface area is 96.4 Å². The fourth-order valence-electron chi connectivity index (χ4n) is 1.32. The van der Waals surface area contributed by atoms with Crippen molar-refractivity contribution in [2.24, 2.45) is 0 Å². The van der Waals surface area contributed by atoms with Gasteiger partial charge < -0.3 is 10.3 Å². The average Bonchev–Trinajstić information content (AvgIpc) is 2.67. The lowest BCUT2D eigenvalue weighted by molar-refractivity contribution is 0.102. The van der Waals surface area contributed by atoms with Crippen molar-refractivity contribution in [2.75, 3.05) is 11.1 Å². The summed E-state index contributed by atoms with van der Waals surface area (Å²) in [5, 5.41) is 5.98. The Bertz CT molecular complexity index is 566. The molecule has 0 aliphatic rings. The highest BCUT2D eigenvalue weighted by Gasteiger charge is 2.14. The van der Waals surface area contributed by atoms with E-state index in [4.69, 9.17) is 10.3 Å².